The topological polar surface area (TPSA) is 88.0 Å². The zero-order valence-electron chi connectivity index (χ0n) is 15.9. The second-order valence-electron chi connectivity index (χ2n) is 7.73. The molecule has 2 atom stereocenters. The largest absolute Gasteiger partial charge is 0.480 e. The number of carbonyl (C=O) groups is 2. The molecule has 0 aromatic rings. The third kappa shape index (κ3) is 5.86. The molecule has 1 heterocycles. The van der Waals surface area contributed by atoms with Crippen molar-refractivity contribution >= 4 is 18.3 Å². The van der Waals surface area contributed by atoms with Gasteiger partial charge in [0, 0.05) is 12.6 Å². The summed E-state index contributed by atoms with van der Waals surface area (Å²) in [5.74, 6) is -1.09. The van der Waals surface area contributed by atoms with E-state index < -0.39 is 23.7 Å². The Morgan fingerprint density at radius 2 is 2.15 bits per heavy atom. The molecule has 1 amide bonds. The minimum atomic E-state index is -1.09. The number of aliphatic carboxylic acids is 1. The van der Waals surface area contributed by atoms with Crippen molar-refractivity contribution in [1.29, 1.82) is 0 Å². The predicted octanol–water partition coefficient (Wildman–Crippen LogP) is 3.79. The van der Waals surface area contributed by atoms with E-state index in [4.69, 9.17) is 4.74 Å². The fourth-order valence-corrected chi connectivity index (χ4v) is 2.96. The summed E-state index contributed by atoms with van der Waals surface area (Å²) in [5, 5.41) is 11.8. The van der Waals surface area contributed by atoms with Crippen LogP contribution in [-0.4, -0.2) is 41.1 Å². The molecule has 2 rings (SSSR count). The van der Waals surface area contributed by atoms with Gasteiger partial charge in [0.25, 0.3) is 0 Å². The lowest BCUT2D eigenvalue weighted by molar-refractivity contribution is -0.139. The van der Waals surface area contributed by atoms with E-state index in [1.807, 2.05) is 6.21 Å². The average molecular weight is 360 g/mol. The number of hydrogen-bond acceptors (Lipinski definition) is 4. The number of carbonyl (C=O) groups excluding carboxylic acids is 1. The number of dihydropyridines is 1. The van der Waals surface area contributed by atoms with Crippen molar-refractivity contribution in [3.05, 3.63) is 34.9 Å². The number of ether oxygens (including phenoxy) is 1. The Hall–Kier alpha value is -2.37. The first-order valence-electron chi connectivity index (χ1n) is 8.98. The Labute approximate surface area is 154 Å². The average Bonchev–Trinajstić information content (AvgIpc) is 2.54. The molecule has 0 radical (unpaired) electrons. The standard InChI is InChI=1S/C20H28N2O4/c1-13-7-5-6-8-16(13)14-9-10-15(21-12-14)11-17(18(23)24)22-19(25)26-20(2,3)4/h6,8-9,12,15,17H,5,7,10-11H2,1-4H3,(H,22,25)(H,23,24)/t15?,17-/m0/s1. The molecule has 0 aromatic heterocycles. The zero-order valence-corrected chi connectivity index (χ0v) is 15.9. The van der Waals surface area contributed by atoms with Crippen LogP contribution in [0.2, 0.25) is 0 Å². The molecule has 6 heteroatoms. The van der Waals surface area contributed by atoms with Crippen LogP contribution >= 0.6 is 0 Å². The smallest absolute Gasteiger partial charge is 0.408 e. The summed E-state index contributed by atoms with van der Waals surface area (Å²) in [6.07, 6.45) is 10.5. The van der Waals surface area contributed by atoms with Crippen LogP contribution in [-0.2, 0) is 9.53 Å². The quantitative estimate of drug-likeness (QED) is 0.781. The normalized spacial score (nSPS) is 21.2. The van der Waals surface area contributed by atoms with E-state index in [1.165, 1.54) is 11.1 Å². The van der Waals surface area contributed by atoms with E-state index >= 15 is 0 Å². The van der Waals surface area contributed by atoms with Crippen LogP contribution < -0.4 is 5.32 Å². The first-order chi connectivity index (χ1) is 12.2. The highest BCUT2D eigenvalue weighted by Gasteiger charge is 2.27. The second kappa shape index (κ2) is 8.34. The van der Waals surface area contributed by atoms with Gasteiger partial charge in [-0.15, -0.1) is 0 Å². The Morgan fingerprint density at radius 3 is 2.69 bits per heavy atom. The van der Waals surface area contributed by atoms with Crippen molar-refractivity contribution in [1.82, 2.24) is 5.32 Å². The van der Waals surface area contributed by atoms with E-state index in [9.17, 15) is 14.7 Å². The number of alkyl carbamates (subject to hydrolysis) is 1. The number of rotatable bonds is 5. The van der Waals surface area contributed by atoms with Gasteiger partial charge in [0.1, 0.15) is 11.6 Å². The van der Waals surface area contributed by atoms with Gasteiger partial charge in [-0.25, -0.2) is 9.59 Å². The van der Waals surface area contributed by atoms with Crippen molar-refractivity contribution < 1.29 is 19.4 Å². The fourth-order valence-electron chi connectivity index (χ4n) is 2.96. The van der Waals surface area contributed by atoms with E-state index in [2.05, 4.69) is 35.5 Å². The van der Waals surface area contributed by atoms with E-state index in [0.717, 1.165) is 18.4 Å². The molecule has 1 aliphatic carbocycles. The molecule has 0 saturated heterocycles. The predicted molar refractivity (Wildman–Crippen MR) is 101 cm³/mol. The lowest BCUT2D eigenvalue weighted by Gasteiger charge is -2.24. The van der Waals surface area contributed by atoms with Crippen LogP contribution in [0.25, 0.3) is 0 Å². The minimum Gasteiger partial charge on any atom is -0.480 e. The maximum absolute atomic E-state index is 11.8. The Morgan fingerprint density at radius 1 is 1.42 bits per heavy atom. The molecule has 1 unspecified atom stereocenters. The van der Waals surface area contributed by atoms with Gasteiger partial charge < -0.3 is 15.2 Å². The number of nitrogens with one attached hydrogen (secondary N) is 1. The highest BCUT2D eigenvalue weighted by Crippen LogP contribution is 2.26. The van der Waals surface area contributed by atoms with Crippen molar-refractivity contribution in [2.45, 2.75) is 71.1 Å². The molecule has 2 N–H and O–H groups in total. The molecule has 26 heavy (non-hydrogen) atoms. The highest BCUT2D eigenvalue weighted by molar-refractivity contribution is 5.87. The summed E-state index contributed by atoms with van der Waals surface area (Å²) >= 11 is 0. The molecule has 0 fully saturated rings. The van der Waals surface area contributed by atoms with Crippen LogP contribution in [0, 0.1) is 0 Å². The Balaban J connectivity index is 1.95. The molecular weight excluding hydrogens is 332 g/mol. The lowest BCUT2D eigenvalue weighted by atomic mass is 9.91. The summed E-state index contributed by atoms with van der Waals surface area (Å²) in [5.41, 5.74) is 2.97. The summed E-state index contributed by atoms with van der Waals surface area (Å²) in [6, 6.07) is -1.21. The SMILES string of the molecule is CC1=C(C2=CCC(C[C@H](NC(=O)OC(C)(C)C)C(=O)O)N=C2)C=CCC1. The van der Waals surface area contributed by atoms with Crippen molar-refractivity contribution in [2.75, 3.05) is 0 Å². The maximum Gasteiger partial charge on any atom is 0.408 e. The number of carboxylic acids is 1. The molecule has 0 saturated carbocycles. The van der Waals surface area contributed by atoms with Crippen molar-refractivity contribution in [3.63, 3.8) is 0 Å². The minimum absolute atomic E-state index is 0.178. The number of hydrogen-bond donors (Lipinski definition) is 2. The van der Waals surface area contributed by atoms with Crippen LogP contribution in [0.4, 0.5) is 4.79 Å². The molecule has 1 aliphatic heterocycles. The fraction of sp³-hybridized carbons (Fsp3) is 0.550. The Kier molecular flexibility index (Phi) is 6.40. The zero-order chi connectivity index (χ0) is 19.3. The molecule has 2 aliphatic rings. The van der Waals surface area contributed by atoms with Gasteiger partial charge in [-0.05, 0) is 58.1 Å². The number of nitrogens with zero attached hydrogens (tertiary/aromatic N) is 1. The van der Waals surface area contributed by atoms with Gasteiger partial charge in [0.05, 0.1) is 6.04 Å². The number of allylic oxidation sites excluding steroid dienone is 5. The second-order valence-corrected chi connectivity index (χ2v) is 7.73. The molecule has 0 aromatic carbocycles. The third-order valence-corrected chi connectivity index (χ3v) is 4.27. The molecule has 0 spiro atoms. The number of aliphatic imine (C=N–C) groups is 1. The van der Waals surface area contributed by atoms with Crippen LogP contribution in [0.3, 0.4) is 0 Å². The molecule has 6 nitrogen and oxygen atoms in total. The van der Waals surface area contributed by atoms with Crippen LogP contribution in [0.5, 0.6) is 0 Å². The molecule has 0 bridgehead atoms. The highest BCUT2D eigenvalue weighted by atomic mass is 16.6. The van der Waals surface area contributed by atoms with Crippen molar-refractivity contribution in [3.8, 4) is 0 Å². The summed E-state index contributed by atoms with van der Waals surface area (Å²) < 4.78 is 5.14. The Bertz CT molecular complexity index is 680. The summed E-state index contributed by atoms with van der Waals surface area (Å²) in [4.78, 5) is 27.8. The van der Waals surface area contributed by atoms with Gasteiger partial charge in [0.15, 0.2) is 0 Å². The summed E-state index contributed by atoms with van der Waals surface area (Å²) in [6.45, 7) is 7.33. The maximum atomic E-state index is 11.8. The first-order valence-corrected chi connectivity index (χ1v) is 8.98. The molecule has 142 valence electrons. The first kappa shape index (κ1) is 19.9. The van der Waals surface area contributed by atoms with Crippen LogP contribution in [0.1, 0.15) is 53.4 Å². The number of carboxylic acid groups (broad SMARTS) is 1. The van der Waals surface area contributed by atoms with Gasteiger partial charge in [-0.1, -0.05) is 23.8 Å². The number of amides is 1. The summed E-state index contributed by atoms with van der Waals surface area (Å²) in [7, 11) is 0. The van der Waals surface area contributed by atoms with E-state index in [0.29, 0.717) is 6.42 Å². The van der Waals surface area contributed by atoms with Gasteiger partial charge in [-0.2, -0.15) is 0 Å². The van der Waals surface area contributed by atoms with Crippen molar-refractivity contribution in [2.24, 2.45) is 4.99 Å². The van der Waals surface area contributed by atoms with Gasteiger partial charge in [0.2, 0.25) is 0 Å². The van der Waals surface area contributed by atoms with Gasteiger partial charge in [-0.3, -0.25) is 4.99 Å². The van der Waals surface area contributed by atoms with Crippen LogP contribution in [0.15, 0.2) is 39.9 Å². The van der Waals surface area contributed by atoms with E-state index in [-0.39, 0.29) is 12.5 Å². The monoisotopic (exact) mass is 360 g/mol. The third-order valence-electron chi connectivity index (χ3n) is 4.27. The molecular formula is C20H28N2O4. The van der Waals surface area contributed by atoms with E-state index in [1.54, 1.807) is 20.8 Å². The van der Waals surface area contributed by atoms with Gasteiger partial charge >= 0.3 is 12.1 Å². The lowest BCUT2D eigenvalue weighted by Crippen LogP contribution is -2.45.